The molecule has 2 heterocycles. The van der Waals surface area contributed by atoms with Gasteiger partial charge >= 0.3 is 0 Å². The highest BCUT2D eigenvalue weighted by Crippen LogP contribution is 2.29. The second-order valence-corrected chi connectivity index (χ2v) is 5.89. The molecule has 0 atom stereocenters. The van der Waals surface area contributed by atoms with Crippen LogP contribution in [0.15, 0.2) is 30.1 Å². The normalized spacial score (nSPS) is 18.3. The van der Waals surface area contributed by atoms with Gasteiger partial charge in [-0.15, -0.1) is 0 Å². The Bertz CT molecular complexity index is 612. The summed E-state index contributed by atoms with van der Waals surface area (Å²) in [6, 6.07) is 5.78. The first-order chi connectivity index (χ1) is 11.2. The van der Waals surface area contributed by atoms with Crippen LogP contribution in [0.3, 0.4) is 0 Å². The molecule has 6 heteroatoms. The number of carbonyl (C=O) groups excluding carboxylic acids is 1. The maximum atomic E-state index is 12.7. The number of morpholine rings is 1. The van der Waals surface area contributed by atoms with Gasteiger partial charge in [-0.05, 0) is 35.8 Å². The van der Waals surface area contributed by atoms with E-state index in [0.29, 0.717) is 50.3 Å². The molecule has 1 saturated heterocycles. The fourth-order valence-corrected chi connectivity index (χ4v) is 3.11. The summed E-state index contributed by atoms with van der Waals surface area (Å²) in [5, 5.41) is 0. The fourth-order valence-electron chi connectivity index (χ4n) is 3.11. The summed E-state index contributed by atoms with van der Waals surface area (Å²) in [4.78, 5) is 16.5. The van der Waals surface area contributed by atoms with E-state index in [0.717, 1.165) is 24.2 Å². The lowest BCUT2D eigenvalue weighted by Crippen LogP contribution is -2.40. The Morgan fingerprint density at radius 2 is 2.09 bits per heavy atom. The second-order valence-electron chi connectivity index (χ2n) is 5.89. The van der Waals surface area contributed by atoms with E-state index >= 15 is 0 Å². The summed E-state index contributed by atoms with van der Waals surface area (Å²) >= 11 is 0. The highest BCUT2D eigenvalue weighted by Gasteiger charge is 2.23. The summed E-state index contributed by atoms with van der Waals surface area (Å²) in [5.74, 6) is 0.0563. The minimum atomic E-state index is 0.0563. The molecule has 5 nitrogen and oxygen atoms in total. The van der Waals surface area contributed by atoms with Gasteiger partial charge < -0.3 is 20.3 Å². The zero-order valence-corrected chi connectivity index (χ0v) is 13.1. The molecule has 0 unspecified atom stereocenters. The Kier molecular flexibility index (Phi) is 4.93. The zero-order chi connectivity index (χ0) is 16.2. The number of anilines is 1. The quantitative estimate of drug-likeness (QED) is 0.910. The average molecular weight is 319 g/mol. The van der Waals surface area contributed by atoms with Gasteiger partial charge in [0.15, 0.2) is 0 Å². The number of ether oxygens (including phenoxy) is 1. The lowest BCUT2D eigenvalue weighted by Gasteiger charge is -2.27. The van der Waals surface area contributed by atoms with Crippen molar-refractivity contribution in [3.05, 3.63) is 41.2 Å². The molecule has 0 radical (unpaired) electrons. The Labute approximate surface area is 135 Å². The summed E-state index contributed by atoms with van der Waals surface area (Å²) in [6.07, 6.45) is 1.46. The molecule has 23 heavy (non-hydrogen) atoms. The van der Waals surface area contributed by atoms with Crippen LogP contribution >= 0.6 is 0 Å². The van der Waals surface area contributed by atoms with Gasteiger partial charge in [-0.2, -0.15) is 0 Å². The van der Waals surface area contributed by atoms with E-state index in [1.54, 1.807) is 0 Å². The number of nitrogens with zero attached hydrogens (tertiary/aromatic N) is 2. The SMILES string of the molecule is NCC(=CF)CN1CCc2cc(C(=O)N3CCOCC3)ccc21. The molecule has 2 N–H and O–H groups in total. The van der Waals surface area contributed by atoms with Crippen LogP contribution in [0.1, 0.15) is 15.9 Å². The van der Waals surface area contributed by atoms with Crippen molar-refractivity contribution in [2.24, 2.45) is 5.73 Å². The number of hydrogen-bond donors (Lipinski definition) is 1. The smallest absolute Gasteiger partial charge is 0.254 e. The lowest BCUT2D eigenvalue weighted by atomic mass is 10.1. The molecule has 0 bridgehead atoms. The number of halogens is 1. The maximum Gasteiger partial charge on any atom is 0.254 e. The third-order valence-electron chi connectivity index (χ3n) is 4.43. The molecule has 1 aromatic carbocycles. The zero-order valence-electron chi connectivity index (χ0n) is 13.1. The summed E-state index contributed by atoms with van der Waals surface area (Å²) < 4.78 is 18.0. The van der Waals surface area contributed by atoms with Crippen molar-refractivity contribution in [2.75, 3.05) is 50.8 Å². The molecule has 0 aliphatic carbocycles. The van der Waals surface area contributed by atoms with Crippen molar-refractivity contribution >= 4 is 11.6 Å². The molecule has 0 saturated carbocycles. The van der Waals surface area contributed by atoms with Crippen molar-refractivity contribution in [3.63, 3.8) is 0 Å². The van der Waals surface area contributed by atoms with Gasteiger partial charge in [0.1, 0.15) is 0 Å². The third kappa shape index (κ3) is 3.38. The van der Waals surface area contributed by atoms with Crippen molar-refractivity contribution in [3.8, 4) is 0 Å². The number of benzene rings is 1. The second kappa shape index (κ2) is 7.10. The first-order valence-electron chi connectivity index (χ1n) is 7.96. The molecular weight excluding hydrogens is 297 g/mol. The van der Waals surface area contributed by atoms with Crippen LogP contribution in [-0.4, -0.2) is 56.7 Å². The van der Waals surface area contributed by atoms with Crippen molar-refractivity contribution in [2.45, 2.75) is 6.42 Å². The van der Waals surface area contributed by atoms with E-state index in [1.807, 2.05) is 23.1 Å². The number of nitrogens with two attached hydrogens (primary N) is 1. The highest BCUT2D eigenvalue weighted by molar-refractivity contribution is 5.95. The topological polar surface area (TPSA) is 58.8 Å². The minimum absolute atomic E-state index is 0.0563. The lowest BCUT2D eigenvalue weighted by molar-refractivity contribution is 0.0303. The van der Waals surface area contributed by atoms with E-state index in [2.05, 4.69) is 4.90 Å². The Balaban J connectivity index is 1.74. The molecule has 1 amide bonds. The van der Waals surface area contributed by atoms with Crippen LogP contribution in [0.5, 0.6) is 0 Å². The molecule has 2 aliphatic rings. The maximum absolute atomic E-state index is 12.7. The van der Waals surface area contributed by atoms with Crippen molar-refractivity contribution in [1.29, 1.82) is 0 Å². The van der Waals surface area contributed by atoms with Gasteiger partial charge in [-0.3, -0.25) is 4.79 Å². The van der Waals surface area contributed by atoms with Gasteiger partial charge in [-0.25, -0.2) is 4.39 Å². The summed E-state index contributed by atoms with van der Waals surface area (Å²) in [5.41, 5.74) is 9.03. The monoisotopic (exact) mass is 319 g/mol. The first kappa shape index (κ1) is 16.0. The number of amides is 1. The molecule has 0 spiro atoms. The summed E-state index contributed by atoms with van der Waals surface area (Å²) in [7, 11) is 0. The van der Waals surface area contributed by atoms with Gasteiger partial charge in [0.05, 0.1) is 19.5 Å². The first-order valence-corrected chi connectivity index (χ1v) is 7.96. The van der Waals surface area contributed by atoms with Crippen LogP contribution in [-0.2, 0) is 11.2 Å². The van der Waals surface area contributed by atoms with Crippen LogP contribution in [0.25, 0.3) is 0 Å². The van der Waals surface area contributed by atoms with Crippen molar-refractivity contribution in [1.82, 2.24) is 4.90 Å². The molecule has 1 fully saturated rings. The number of carbonyl (C=O) groups is 1. The average Bonchev–Trinajstić information content (AvgIpc) is 3.01. The number of fused-ring (bicyclic) bond motifs is 1. The van der Waals surface area contributed by atoms with Gasteiger partial charge in [0, 0.05) is 44.0 Å². The van der Waals surface area contributed by atoms with Crippen LogP contribution in [0, 0.1) is 0 Å². The highest BCUT2D eigenvalue weighted by atomic mass is 19.1. The molecule has 124 valence electrons. The van der Waals surface area contributed by atoms with Crippen LogP contribution < -0.4 is 10.6 Å². The van der Waals surface area contributed by atoms with Gasteiger partial charge in [-0.1, -0.05) is 0 Å². The third-order valence-corrected chi connectivity index (χ3v) is 4.43. The van der Waals surface area contributed by atoms with Gasteiger partial charge in [0.2, 0.25) is 0 Å². The predicted molar refractivity (Wildman–Crippen MR) is 87.3 cm³/mol. The molecule has 1 aromatic rings. The van der Waals surface area contributed by atoms with E-state index in [4.69, 9.17) is 10.5 Å². The van der Waals surface area contributed by atoms with Crippen molar-refractivity contribution < 1.29 is 13.9 Å². The Morgan fingerprint density at radius 3 is 2.78 bits per heavy atom. The van der Waals surface area contributed by atoms with E-state index in [-0.39, 0.29) is 12.5 Å². The minimum Gasteiger partial charge on any atom is -0.378 e. The van der Waals surface area contributed by atoms with E-state index in [1.165, 1.54) is 0 Å². The summed E-state index contributed by atoms with van der Waals surface area (Å²) in [6.45, 7) is 4.02. The van der Waals surface area contributed by atoms with E-state index < -0.39 is 0 Å². The van der Waals surface area contributed by atoms with Gasteiger partial charge in [0.25, 0.3) is 5.91 Å². The Hall–Kier alpha value is -1.92. The fraction of sp³-hybridized carbons (Fsp3) is 0.471. The molecule has 0 aromatic heterocycles. The van der Waals surface area contributed by atoms with Crippen LogP contribution in [0.4, 0.5) is 10.1 Å². The molecule has 2 aliphatic heterocycles. The largest absolute Gasteiger partial charge is 0.378 e. The number of hydrogen-bond acceptors (Lipinski definition) is 4. The number of rotatable bonds is 4. The van der Waals surface area contributed by atoms with Crippen LogP contribution in [0.2, 0.25) is 0 Å². The standard InChI is InChI=1S/C17H22FN3O2/c18-10-13(11-19)12-21-4-3-14-9-15(1-2-16(14)21)17(22)20-5-7-23-8-6-20/h1-2,9-10H,3-8,11-12,19H2. The predicted octanol–water partition coefficient (Wildman–Crippen LogP) is 1.33. The molecule has 3 rings (SSSR count). The Morgan fingerprint density at radius 1 is 1.30 bits per heavy atom. The van der Waals surface area contributed by atoms with E-state index in [9.17, 15) is 9.18 Å². The molecular formula is C17H22FN3O2.